The molecule has 0 unspecified atom stereocenters. The highest BCUT2D eigenvalue weighted by atomic mass is 32.2. The smallest absolute Gasteiger partial charge is 0.335 e. The first-order valence-electron chi connectivity index (χ1n) is 8.59. The molecule has 0 aliphatic rings. The molecule has 148 valence electrons. The first kappa shape index (κ1) is 20.1. The molecule has 3 aromatic carbocycles. The number of amides is 1. The van der Waals surface area contributed by atoms with Gasteiger partial charge >= 0.3 is 5.97 Å². The van der Waals surface area contributed by atoms with Gasteiger partial charge in [-0.3, -0.25) is 9.52 Å². The topological polar surface area (TPSA) is 113 Å². The number of aromatic carboxylic acids is 1. The van der Waals surface area contributed by atoms with Gasteiger partial charge in [-0.2, -0.15) is 0 Å². The van der Waals surface area contributed by atoms with E-state index in [0.717, 1.165) is 5.56 Å². The average molecular weight is 410 g/mol. The van der Waals surface area contributed by atoms with Crippen molar-refractivity contribution in [3.05, 3.63) is 89.5 Å². The Morgan fingerprint density at radius 2 is 1.55 bits per heavy atom. The molecule has 0 saturated heterocycles. The maximum atomic E-state index is 12.6. The third-order valence-electron chi connectivity index (χ3n) is 4.18. The van der Waals surface area contributed by atoms with Crippen LogP contribution < -0.4 is 10.0 Å². The molecular formula is C21H18N2O5S. The molecule has 0 aliphatic carbocycles. The van der Waals surface area contributed by atoms with E-state index in [9.17, 15) is 18.0 Å². The van der Waals surface area contributed by atoms with Crippen LogP contribution in [0.15, 0.2) is 77.7 Å². The standard InChI is InChI=1S/C21H18N2O5S/c1-14-5-2-3-8-19(14)22-20(24)16-6-4-7-18(13-16)29(27,28)23-17-11-9-15(10-12-17)21(25)26/h2-13,23H,1H3,(H,22,24)(H,25,26). The van der Waals surface area contributed by atoms with Crippen LogP contribution in [0.3, 0.4) is 0 Å². The average Bonchev–Trinajstić information content (AvgIpc) is 2.70. The van der Waals surface area contributed by atoms with Gasteiger partial charge in [0.05, 0.1) is 10.5 Å². The van der Waals surface area contributed by atoms with Crippen LogP contribution >= 0.6 is 0 Å². The zero-order valence-corrected chi connectivity index (χ0v) is 16.2. The Bertz CT molecular complexity index is 1170. The van der Waals surface area contributed by atoms with Crippen molar-refractivity contribution in [3.63, 3.8) is 0 Å². The molecule has 7 nitrogen and oxygen atoms in total. The van der Waals surface area contributed by atoms with Gasteiger partial charge in [0.25, 0.3) is 15.9 Å². The molecule has 1 amide bonds. The monoisotopic (exact) mass is 410 g/mol. The van der Waals surface area contributed by atoms with Crippen molar-refractivity contribution in [2.24, 2.45) is 0 Å². The van der Waals surface area contributed by atoms with E-state index in [1.807, 2.05) is 19.1 Å². The van der Waals surface area contributed by atoms with Gasteiger partial charge in [-0.15, -0.1) is 0 Å². The molecule has 29 heavy (non-hydrogen) atoms. The molecule has 0 radical (unpaired) electrons. The van der Waals surface area contributed by atoms with E-state index in [1.165, 1.54) is 48.5 Å². The van der Waals surface area contributed by atoms with Gasteiger partial charge in [-0.1, -0.05) is 24.3 Å². The van der Waals surface area contributed by atoms with Crippen LogP contribution in [0.1, 0.15) is 26.3 Å². The number of para-hydroxylation sites is 1. The summed E-state index contributed by atoms with van der Waals surface area (Å²) in [6.45, 7) is 1.86. The number of sulfonamides is 1. The van der Waals surface area contributed by atoms with Gasteiger partial charge in [-0.25, -0.2) is 13.2 Å². The van der Waals surface area contributed by atoms with Gasteiger partial charge in [0.2, 0.25) is 0 Å². The SMILES string of the molecule is Cc1ccccc1NC(=O)c1cccc(S(=O)(=O)Nc2ccc(C(=O)O)cc2)c1. The number of benzene rings is 3. The summed E-state index contributed by atoms with van der Waals surface area (Å²) in [4.78, 5) is 23.3. The summed E-state index contributed by atoms with van der Waals surface area (Å²) >= 11 is 0. The number of carboxylic acid groups (broad SMARTS) is 1. The molecule has 0 spiro atoms. The lowest BCUT2D eigenvalue weighted by Gasteiger charge is -2.11. The van der Waals surface area contributed by atoms with Crippen LogP contribution in [0, 0.1) is 6.92 Å². The molecule has 3 aromatic rings. The molecule has 0 saturated carbocycles. The summed E-state index contributed by atoms with van der Waals surface area (Å²) in [5.41, 5.74) is 1.98. The summed E-state index contributed by atoms with van der Waals surface area (Å²) in [6, 6.07) is 18.2. The highest BCUT2D eigenvalue weighted by molar-refractivity contribution is 7.92. The maximum Gasteiger partial charge on any atom is 0.335 e. The number of carboxylic acids is 1. The molecule has 0 aliphatic heterocycles. The minimum Gasteiger partial charge on any atom is -0.478 e. The van der Waals surface area contributed by atoms with Crippen molar-refractivity contribution in [2.75, 3.05) is 10.0 Å². The molecule has 0 aromatic heterocycles. The van der Waals surface area contributed by atoms with Crippen molar-refractivity contribution < 1.29 is 23.1 Å². The number of anilines is 2. The Morgan fingerprint density at radius 1 is 0.862 bits per heavy atom. The maximum absolute atomic E-state index is 12.6. The van der Waals surface area contributed by atoms with Crippen LogP contribution in [0.5, 0.6) is 0 Å². The van der Waals surface area contributed by atoms with Crippen LogP contribution in [0.25, 0.3) is 0 Å². The van der Waals surface area contributed by atoms with Crippen LogP contribution in [0.4, 0.5) is 11.4 Å². The number of aryl methyl sites for hydroxylation is 1. The molecule has 3 rings (SSSR count). The van der Waals surface area contributed by atoms with E-state index in [4.69, 9.17) is 5.11 Å². The normalized spacial score (nSPS) is 10.9. The van der Waals surface area contributed by atoms with Crippen molar-refractivity contribution in [2.45, 2.75) is 11.8 Å². The highest BCUT2D eigenvalue weighted by Crippen LogP contribution is 2.19. The number of rotatable bonds is 6. The molecular weight excluding hydrogens is 392 g/mol. The number of nitrogens with one attached hydrogen (secondary N) is 2. The second-order valence-corrected chi connectivity index (χ2v) is 7.97. The van der Waals surface area contributed by atoms with Crippen LogP contribution in [-0.4, -0.2) is 25.4 Å². The van der Waals surface area contributed by atoms with Crippen molar-refractivity contribution in [3.8, 4) is 0 Å². The fourth-order valence-corrected chi connectivity index (χ4v) is 3.71. The molecule has 3 N–H and O–H groups in total. The van der Waals surface area contributed by atoms with Crippen LogP contribution in [0.2, 0.25) is 0 Å². The molecule has 0 heterocycles. The van der Waals surface area contributed by atoms with E-state index < -0.39 is 21.9 Å². The predicted octanol–water partition coefficient (Wildman–Crippen LogP) is 3.75. The first-order chi connectivity index (χ1) is 13.8. The highest BCUT2D eigenvalue weighted by Gasteiger charge is 2.17. The minimum atomic E-state index is -3.96. The lowest BCUT2D eigenvalue weighted by Crippen LogP contribution is -2.16. The molecule has 0 atom stereocenters. The Hall–Kier alpha value is -3.65. The van der Waals surface area contributed by atoms with Gasteiger partial charge in [0.15, 0.2) is 0 Å². The van der Waals surface area contributed by atoms with E-state index in [0.29, 0.717) is 5.69 Å². The number of carbonyl (C=O) groups is 2. The molecule has 8 heteroatoms. The quantitative estimate of drug-likeness (QED) is 0.573. The Kier molecular flexibility index (Phi) is 5.65. The second kappa shape index (κ2) is 8.15. The number of hydrogen-bond donors (Lipinski definition) is 3. The molecule has 0 fully saturated rings. The second-order valence-electron chi connectivity index (χ2n) is 6.28. The summed E-state index contributed by atoms with van der Waals surface area (Å²) in [7, 11) is -3.96. The van der Waals surface area contributed by atoms with Gasteiger partial charge in [-0.05, 0) is 61.0 Å². The van der Waals surface area contributed by atoms with E-state index in [-0.39, 0.29) is 21.7 Å². The van der Waals surface area contributed by atoms with Crippen molar-refractivity contribution in [1.29, 1.82) is 0 Å². The van der Waals surface area contributed by atoms with E-state index in [2.05, 4.69) is 10.0 Å². The molecule has 0 bridgehead atoms. The predicted molar refractivity (Wildman–Crippen MR) is 110 cm³/mol. The third kappa shape index (κ3) is 4.80. The van der Waals surface area contributed by atoms with Gasteiger partial charge in [0, 0.05) is 16.9 Å². The lowest BCUT2D eigenvalue weighted by molar-refractivity contribution is 0.0696. The largest absolute Gasteiger partial charge is 0.478 e. The zero-order valence-electron chi connectivity index (χ0n) is 15.4. The summed E-state index contributed by atoms with van der Waals surface area (Å²) < 4.78 is 27.7. The fraction of sp³-hybridized carbons (Fsp3) is 0.0476. The third-order valence-corrected chi connectivity index (χ3v) is 5.56. The number of carbonyl (C=O) groups excluding carboxylic acids is 1. The van der Waals surface area contributed by atoms with Crippen LogP contribution in [-0.2, 0) is 10.0 Å². The van der Waals surface area contributed by atoms with Crippen molar-refractivity contribution in [1.82, 2.24) is 0 Å². The lowest BCUT2D eigenvalue weighted by atomic mass is 10.1. The Morgan fingerprint density at radius 3 is 2.21 bits per heavy atom. The minimum absolute atomic E-state index is 0.0443. The van der Waals surface area contributed by atoms with Gasteiger partial charge < -0.3 is 10.4 Å². The number of hydrogen-bond acceptors (Lipinski definition) is 4. The summed E-state index contributed by atoms with van der Waals surface area (Å²) in [6.07, 6.45) is 0. The first-order valence-corrected chi connectivity index (χ1v) is 10.1. The Labute approximate surface area is 168 Å². The fourth-order valence-electron chi connectivity index (χ4n) is 2.61. The summed E-state index contributed by atoms with van der Waals surface area (Å²) in [5, 5.41) is 11.7. The van der Waals surface area contributed by atoms with E-state index in [1.54, 1.807) is 12.1 Å². The Balaban J connectivity index is 1.81. The zero-order chi connectivity index (χ0) is 21.0. The van der Waals surface area contributed by atoms with E-state index >= 15 is 0 Å². The van der Waals surface area contributed by atoms with Gasteiger partial charge in [0.1, 0.15) is 0 Å². The summed E-state index contributed by atoms with van der Waals surface area (Å²) in [5.74, 6) is -1.53. The van der Waals surface area contributed by atoms with Crippen molar-refractivity contribution >= 4 is 33.3 Å².